The molecule has 0 bridgehead atoms. The SMILES string of the molecule is Cc1ccc(-c2c(N)nc(N3CCOC(c4ccccc4)C3)nc2N)cc1. The van der Waals surface area contributed by atoms with E-state index >= 15 is 0 Å². The van der Waals surface area contributed by atoms with Gasteiger partial charge in [0.05, 0.1) is 18.7 Å². The Morgan fingerprint density at radius 2 is 1.63 bits per heavy atom. The van der Waals surface area contributed by atoms with Crippen molar-refractivity contribution in [3.63, 3.8) is 0 Å². The zero-order chi connectivity index (χ0) is 18.8. The van der Waals surface area contributed by atoms with E-state index < -0.39 is 0 Å². The number of hydrogen-bond donors (Lipinski definition) is 2. The van der Waals surface area contributed by atoms with E-state index in [1.807, 2.05) is 49.4 Å². The zero-order valence-corrected chi connectivity index (χ0v) is 15.3. The number of hydrogen-bond acceptors (Lipinski definition) is 6. The molecule has 2 aromatic carbocycles. The number of benzene rings is 2. The van der Waals surface area contributed by atoms with Gasteiger partial charge in [-0.1, -0.05) is 60.2 Å². The van der Waals surface area contributed by atoms with Gasteiger partial charge in [0.15, 0.2) is 0 Å². The highest BCUT2D eigenvalue weighted by Gasteiger charge is 2.25. The lowest BCUT2D eigenvalue weighted by atomic mass is 10.1. The maximum absolute atomic E-state index is 6.26. The van der Waals surface area contributed by atoms with Crippen LogP contribution in [-0.2, 0) is 4.74 Å². The highest BCUT2D eigenvalue weighted by atomic mass is 16.5. The number of nitrogens with zero attached hydrogens (tertiary/aromatic N) is 3. The third-order valence-electron chi connectivity index (χ3n) is 4.81. The smallest absolute Gasteiger partial charge is 0.229 e. The van der Waals surface area contributed by atoms with Gasteiger partial charge in [0.1, 0.15) is 17.7 Å². The van der Waals surface area contributed by atoms with Crippen molar-refractivity contribution in [2.75, 3.05) is 36.1 Å². The van der Waals surface area contributed by atoms with Crippen molar-refractivity contribution in [3.8, 4) is 11.1 Å². The Kier molecular flexibility index (Phi) is 4.64. The molecule has 0 spiro atoms. The summed E-state index contributed by atoms with van der Waals surface area (Å²) in [5, 5.41) is 0. The van der Waals surface area contributed by atoms with E-state index in [-0.39, 0.29) is 6.10 Å². The van der Waals surface area contributed by atoms with E-state index in [0.717, 1.165) is 11.1 Å². The van der Waals surface area contributed by atoms with Crippen LogP contribution in [0.15, 0.2) is 54.6 Å². The molecule has 1 aromatic heterocycles. The summed E-state index contributed by atoms with van der Waals surface area (Å²) in [6, 6.07) is 18.2. The predicted octanol–water partition coefficient (Wildman–Crippen LogP) is 3.19. The number of anilines is 3. The van der Waals surface area contributed by atoms with E-state index in [4.69, 9.17) is 16.2 Å². The predicted molar refractivity (Wildman–Crippen MR) is 108 cm³/mol. The molecule has 0 saturated carbocycles. The minimum absolute atomic E-state index is 0.0252. The first-order valence-corrected chi connectivity index (χ1v) is 9.03. The van der Waals surface area contributed by atoms with Crippen LogP contribution in [0.5, 0.6) is 0 Å². The molecular formula is C21H23N5O. The van der Waals surface area contributed by atoms with Gasteiger partial charge in [-0.2, -0.15) is 9.97 Å². The molecule has 0 amide bonds. The van der Waals surface area contributed by atoms with Crippen molar-refractivity contribution in [2.24, 2.45) is 0 Å². The summed E-state index contributed by atoms with van der Waals surface area (Å²) >= 11 is 0. The molecular weight excluding hydrogens is 338 g/mol. The summed E-state index contributed by atoms with van der Waals surface area (Å²) in [4.78, 5) is 11.2. The van der Waals surface area contributed by atoms with E-state index in [0.29, 0.717) is 42.8 Å². The first-order valence-electron chi connectivity index (χ1n) is 9.03. The van der Waals surface area contributed by atoms with Crippen molar-refractivity contribution in [2.45, 2.75) is 13.0 Å². The Labute approximate surface area is 158 Å². The van der Waals surface area contributed by atoms with E-state index in [2.05, 4.69) is 27.0 Å². The highest BCUT2D eigenvalue weighted by Crippen LogP contribution is 2.32. The Bertz CT molecular complexity index is 904. The minimum atomic E-state index is -0.0252. The van der Waals surface area contributed by atoms with Crippen molar-refractivity contribution in [3.05, 3.63) is 65.7 Å². The van der Waals surface area contributed by atoms with Crippen LogP contribution in [0.1, 0.15) is 17.2 Å². The maximum atomic E-state index is 6.26. The average molecular weight is 361 g/mol. The molecule has 1 aliphatic rings. The molecule has 3 aromatic rings. The van der Waals surface area contributed by atoms with Gasteiger partial charge in [-0.25, -0.2) is 0 Å². The number of ether oxygens (including phenoxy) is 1. The topological polar surface area (TPSA) is 90.3 Å². The van der Waals surface area contributed by atoms with Crippen LogP contribution in [0.2, 0.25) is 0 Å². The quantitative estimate of drug-likeness (QED) is 0.744. The molecule has 1 atom stereocenters. The molecule has 1 unspecified atom stereocenters. The molecule has 2 heterocycles. The Hall–Kier alpha value is -3.12. The molecule has 0 radical (unpaired) electrons. The molecule has 138 valence electrons. The van der Waals surface area contributed by atoms with Crippen LogP contribution in [0.25, 0.3) is 11.1 Å². The fourth-order valence-corrected chi connectivity index (χ4v) is 3.34. The number of nitrogen functional groups attached to an aromatic ring is 2. The van der Waals surface area contributed by atoms with E-state index in [1.54, 1.807) is 0 Å². The summed E-state index contributed by atoms with van der Waals surface area (Å²) < 4.78 is 5.92. The summed E-state index contributed by atoms with van der Waals surface area (Å²) in [5.74, 6) is 1.33. The lowest BCUT2D eigenvalue weighted by Gasteiger charge is -2.33. The number of aromatic nitrogens is 2. The molecule has 4 N–H and O–H groups in total. The summed E-state index contributed by atoms with van der Waals surface area (Å²) in [5.41, 5.74) is 16.4. The molecule has 27 heavy (non-hydrogen) atoms. The molecule has 4 rings (SSSR count). The maximum Gasteiger partial charge on any atom is 0.229 e. The largest absolute Gasteiger partial charge is 0.383 e. The minimum Gasteiger partial charge on any atom is -0.383 e. The van der Waals surface area contributed by atoms with Crippen molar-refractivity contribution >= 4 is 17.6 Å². The lowest BCUT2D eigenvalue weighted by Crippen LogP contribution is -2.39. The van der Waals surface area contributed by atoms with Crippen molar-refractivity contribution in [1.82, 2.24) is 9.97 Å². The molecule has 6 nitrogen and oxygen atoms in total. The number of morpholine rings is 1. The second-order valence-electron chi connectivity index (χ2n) is 6.75. The Morgan fingerprint density at radius 1 is 0.963 bits per heavy atom. The second-order valence-corrected chi connectivity index (χ2v) is 6.75. The van der Waals surface area contributed by atoms with Crippen LogP contribution < -0.4 is 16.4 Å². The zero-order valence-electron chi connectivity index (χ0n) is 15.3. The van der Waals surface area contributed by atoms with E-state index in [1.165, 1.54) is 5.56 Å². The summed E-state index contributed by atoms with van der Waals surface area (Å²) in [6.07, 6.45) is -0.0252. The van der Waals surface area contributed by atoms with Crippen LogP contribution >= 0.6 is 0 Å². The Balaban J connectivity index is 1.61. The highest BCUT2D eigenvalue weighted by molar-refractivity contribution is 5.83. The molecule has 1 aliphatic heterocycles. The fraction of sp³-hybridized carbons (Fsp3) is 0.238. The number of nitrogens with two attached hydrogens (primary N) is 2. The van der Waals surface area contributed by atoms with Gasteiger partial charge in [-0.05, 0) is 18.1 Å². The first-order chi connectivity index (χ1) is 13.1. The third-order valence-corrected chi connectivity index (χ3v) is 4.81. The normalized spacial score (nSPS) is 17.1. The monoisotopic (exact) mass is 361 g/mol. The molecule has 0 aliphatic carbocycles. The second kappa shape index (κ2) is 7.25. The number of aryl methyl sites for hydroxylation is 1. The summed E-state index contributed by atoms with van der Waals surface area (Å²) in [7, 11) is 0. The van der Waals surface area contributed by atoms with E-state index in [9.17, 15) is 0 Å². The van der Waals surface area contributed by atoms with Gasteiger partial charge < -0.3 is 21.1 Å². The third kappa shape index (κ3) is 3.57. The molecule has 1 saturated heterocycles. The van der Waals surface area contributed by atoms with Crippen molar-refractivity contribution < 1.29 is 4.74 Å². The van der Waals surface area contributed by atoms with Crippen LogP contribution in [-0.4, -0.2) is 29.7 Å². The van der Waals surface area contributed by atoms with Crippen molar-refractivity contribution in [1.29, 1.82) is 0 Å². The molecule has 1 fully saturated rings. The van der Waals surface area contributed by atoms with Gasteiger partial charge in [0, 0.05) is 6.54 Å². The van der Waals surface area contributed by atoms with Gasteiger partial charge in [0.25, 0.3) is 0 Å². The fourth-order valence-electron chi connectivity index (χ4n) is 3.34. The van der Waals surface area contributed by atoms with Gasteiger partial charge in [0.2, 0.25) is 5.95 Å². The molecule has 6 heteroatoms. The van der Waals surface area contributed by atoms with Gasteiger partial charge >= 0.3 is 0 Å². The van der Waals surface area contributed by atoms with Crippen LogP contribution in [0, 0.1) is 6.92 Å². The van der Waals surface area contributed by atoms with Crippen LogP contribution in [0.4, 0.5) is 17.6 Å². The van der Waals surface area contributed by atoms with Gasteiger partial charge in [-0.3, -0.25) is 0 Å². The standard InChI is InChI=1S/C21H23N5O/c1-14-7-9-16(10-8-14)18-19(22)24-21(25-20(18)23)26-11-12-27-17(13-26)15-5-3-2-4-6-15/h2-10,17H,11-13H2,1H3,(H4,22,23,24,25). The van der Waals surface area contributed by atoms with Crippen LogP contribution in [0.3, 0.4) is 0 Å². The Morgan fingerprint density at radius 3 is 2.30 bits per heavy atom. The van der Waals surface area contributed by atoms with Gasteiger partial charge in [-0.15, -0.1) is 0 Å². The lowest BCUT2D eigenvalue weighted by molar-refractivity contribution is 0.0392. The number of rotatable bonds is 3. The summed E-state index contributed by atoms with van der Waals surface area (Å²) in [6.45, 7) is 4.00. The average Bonchev–Trinajstić information content (AvgIpc) is 2.70. The first kappa shape index (κ1) is 17.3.